The van der Waals surface area contributed by atoms with Crippen LogP contribution >= 0.6 is 0 Å². The van der Waals surface area contributed by atoms with Crippen LogP contribution in [0.4, 0.5) is 5.69 Å². The highest BCUT2D eigenvalue weighted by molar-refractivity contribution is 7.89. The number of anilines is 1. The largest absolute Gasteiger partial charge is 0.388 e. The van der Waals surface area contributed by atoms with Crippen molar-refractivity contribution in [3.05, 3.63) is 24.3 Å². The monoisotopic (exact) mass is 256 g/mol. The number of benzene rings is 1. The van der Waals surface area contributed by atoms with Gasteiger partial charge >= 0.3 is 0 Å². The van der Waals surface area contributed by atoms with Crippen molar-refractivity contribution in [2.24, 2.45) is 5.92 Å². The van der Waals surface area contributed by atoms with Crippen LogP contribution < -0.4 is 5.32 Å². The molecule has 4 nitrogen and oxygen atoms in total. The third-order valence-electron chi connectivity index (χ3n) is 2.47. The summed E-state index contributed by atoms with van der Waals surface area (Å²) >= 11 is 0. The summed E-state index contributed by atoms with van der Waals surface area (Å²) < 4.78 is 25.7. The maximum atomic E-state index is 12.2. The van der Waals surface area contributed by atoms with E-state index in [1.165, 1.54) is 4.31 Å². The zero-order chi connectivity index (χ0) is 13.1. The van der Waals surface area contributed by atoms with Crippen molar-refractivity contribution in [2.75, 3.05) is 26.0 Å². The van der Waals surface area contributed by atoms with E-state index in [1.807, 2.05) is 13.8 Å². The second-order valence-electron chi connectivity index (χ2n) is 4.45. The maximum Gasteiger partial charge on any atom is 0.242 e. The number of rotatable bonds is 5. The molecule has 1 aromatic carbocycles. The molecule has 1 aromatic rings. The predicted octanol–water partition coefficient (Wildman–Crippen LogP) is 2.00. The molecule has 0 unspecified atom stereocenters. The minimum Gasteiger partial charge on any atom is -0.388 e. The molecule has 0 saturated heterocycles. The molecule has 0 bridgehead atoms. The summed E-state index contributed by atoms with van der Waals surface area (Å²) in [6.07, 6.45) is 0. The first-order valence-corrected chi connectivity index (χ1v) is 7.06. The summed E-state index contributed by atoms with van der Waals surface area (Å²) in [5, 5.41) is 2.96. The van der Waals surface area contributed by atoms with Gasteiger partial charge in [-0.1, -0.05) is 13.8 Å². The summed E-state index contributed by atoms with van der Waals surface area (Å²) in [6, 6.07) is 6.77. The first-order valence-electron chi connectivity index (χ1n) is 5.62. The summed E-state index contributed by atoms with van der Waals surface area (Å²) in [6.45, 7) is 4.52. The van der Waals surface area contributed by atoms with Crippen molar-refractivity contribution in [1.29, 1.82) is 0 Å². The van der Waals surface area contributed by atoms with Gasteiger partial charge in [-0.2, -0.15) is 0 Å². The topological polar surface area (TPSA) is 49.4 Å². The quantitative estimate of drug-likeness (QED) is 0.876. The molecule has 0 aliphatic carbocycles. The summed E-state index contributed by atoms with van der Waals surface area (Å²) in [5.74, 6) is 0.311. The Bertz CT molecular complexity index is 452. The highest BCUT2D eigenvalue weighted by atomic mass is 32.2. The second kappa shape index (κ2) is 5.51. The lowest BCUT2D eigenvalue weighted by atomic mass is 10.2. The van der Waals surface area contributed by atoms with Gasteiger partial charge in [0.05, 0.1) is 4.90 Å². The molecule has 96 valence electrons. The zero-order valence-corrected chi connectivity index (χ0v) is 11.6. The normalized spacial score (nSPS) is 12.1. The zero-order valence-electron chi connectivity index (χ0n) is 10.8. The molecular formula is C12H20N2O2S. The molecule has 1 rings (SSSR count). The van der Waals surface area contributed by atoms with Gasteiger partial charge in [-0.25, -0.2) is 12.7 Å². The van der Waals surface area contributed by atoms with E-state index >= 15 is 0 Å². The van der Waals surface area contributed by atoms with Gasteiger partial charge in [0.2, 0.25) is 10.0 Å². The third kappa shape index (κ3) is 3.44. The summed E-state index contributed by atoms with van der Waals surface area (Å²) in [4.78, 5) is 0.333. The molecule has 0 aliphatic rings. The lowest BCUT2D eigenvalue weighted by molar-refractivity contribution is 0.417. The minimum absolute atomic E-state index is 0.311. The molecule has 0 aliphatic heterocycles. The van der Waals surface area contributed by atoms with Gasteiger partial charge in [0.25, 0.3) is 0 Å². The van der Waals surface area contributed by atoms with E-state index in [1.54, 1.807) is 38.4 Å². The smallest absolute Gasteiger partial charge is 0.242 e. The highest BCUT2D eigenvalue weighted by Gasteiger charge is 2.20. The molecule has 0 radical (unpaired) electrons. The molecule has 0 atom stereocenters. The van der Waals surface area contributed by atoms with Crippen molar-refractivity contribution < 1.29 is 8.42 Å². The van der Waals surface area contributed by atoms with Crippen LogP contribution in [0.25, 0.3) is 0 Å². The van der Waals surface area contributed by atoms with Crippen LogP contribution in [0.1, 0.15) is 13.8 Å². The third-order valence-corrected chi connectivity index (χ3v) is 4.31. The van der Waals surface area contributed by atoms with Crippen LogP contribution in [-0.4, -0.2) is 33.4 Å². The lowest BCUT2D eigenvalue weighted by Gasteiger charge is -2.19. The average molecular weight is 256 g/mol. The number of hydrogen-bond donors (Lipinski definition) is 1. The molecule has 17 heavy (non-hydrogen) atoms. The van der Waals surface area contributed by atoms with Gasteiger partial charge in [-0.15, -0.1) is 0 Å². The van der Waals surface area contributed by atoms with Crippen LogP contribution in [-0.2, 0) is 10.0 Å². The minimum atomic E-state index is -3.35. The van der Waals surface area contributed by atoms with Crippen LogP contribution in [0.2, 0.25) is 0 Å². The first-order chi connectivity index (χ1) is 7.87. The average Bonchev–Trinajstić information content (AvgIpc) is 2.28. The predicted molar refractivity (Wildman–Crippen MR) is 70.6 cm³/mol. The van der Waals surface area contributed by atoms with Gasteiger partial charge in [0.15, 0.2) is 0 Å². The Morgan fingerprint density at radius 2 is 1.76 bits per heavy atom. The number of hydrogen-bond acceptors (Lipinski definition) is 3. The fourth-order valence-electron chi connectivity index (χ4n) is 1.59. The van der Waals surface area contributed by atoms with Gasteiger partial charge in [0.1, 0.15) is 0 Å². The summed E-state index contributed by atoms with van der Waals surface area (Å²) in [5.41, 5.74) is 0.899. The Morgan fingerprint density at radius 1 is 1.24 bits per heavy atom. The summed E-state index contributed by atoms with van der Waals surface area (Å²) in [7, 11) is 0.0589. The van der Waals surface area contributed by atoms with E-state index in [4.69, 9.17) is 0 Å². The van der Waals surface area contributed by atoms with Gasteiger partial charge in [-0.3, -0.25) is 0 Å². The Kier molecular flexibility index (Phi) is 4.54. The first kappa shape index (κ1) is 14.0. The van der Waals surface area contributed by atoms with Gasteiger partial charge in [-0.05, 0) is 30.2 Å². The molecule has 1 N–H and O–H groups in total. The lowest BCUT2D eigenvalue weighted by Crippen LogP contribution is -2.30. The van der Waals surface area contributed by atoms with Crippen molar-refractivity contribution in [2.45, 2.75) is 18.7 Å². The molecule has 5 heteroatoms. The van der Waals surface area contributed by atoms with E-state index in [9.17, 15) is 8.42 Å². The fraction of sp³-hybridized carbons (Fsp3) is 0.500. The van der Waals surface area contributed by atoms with E-state index in [0.717, 1.165) is 5.69 Å². The number of nitrogens with one attached hydrogen (secondary N) is 1. The Hall–Kier alpha value is -1.07. The SMILES string of the molecule is CNc1ccc(S(=O)(=O)N(C)CC(C)C)cc1. The van der Waals surface area contributed by atoms with Crippen molar-refractivity contribution in [3.63, 3.8) is 0 Å². The Morgan fingerprint density at radius 3 is 2.18 bits per heavy atom. The van der Waals surface area contributed by atoms with Crippen LogP contribution in [0.5, 0.6) is 0 Å². The van der Waals surface area contributed by atoms with Crippen LogP contribution in [0.3, 0.4) is 0 Å². The fourth-order valence-corrected chi connectivity index (χ4v) is 2.92. The van der Waals surface area contributed by atoms with Crippen LogP contribution in [0.15, 0.2) is 29.2 Å². The molecule has 0 saturated carbocycles. The molecule has 0 fully saturated rings. The van der Waals surface area contributed by atoms with E-state index in [2.05, 4.69) is 5.32 Å². The standard InChI is InChI=1S/C12H20N2O2S/c1-10(2)9-14(4)17(15,16)12-7-5-11(13-3)6-8-12/h5-8,10,13H,9H2,1-4H3. The molecule has 0 aromatic heterocycles. The van der Waals surface area contributed by atoms with Gasteiger partial charge in [0, 0.05) is 26.3 Å². The van der Waals surface area contributed by atoms with E-state index in [-0.39, 0.29) is 0 Å². The molecule has 0 heterocycles. The van der Waals surface area contributed by atoms with Crippen LogP contribution in [0, 0.1) is 5.92 Å². The van der Waals surface area contributed by atoms with Gasteiger partial charge < -0.3 is 5.32 Å². The second-order valence-corrected chi connectivity index (χ2v) is 6.50. The maximum absolute atomic E-state index is 12.2. The molecule has 0 spiro atoms. The van der Waals surface area contributed by atoms with E-state index in [0.29, 0.717) is 17.4 Å². The highest BCUT2D eigenvalue weighted by Crippen LogP contribution is 2.17. The Labute approximate surface area is 104 Å². The molecule has 0 amide bonds. The Balaban J connectivity index is 2.96. The van der Waals surface area contributed by atoms with E-state index < -0.39 is 10.0 Å². The number of nitrogens with zero attached hydrogens (tertiary/aromatic N) is 1. The molecular weight excluding hydrogens is 236 g/mol. The van der Waals surface area contributed by atoms with Crippen molar-refractivity contribution in [1.82, 2.24) is 4.31 Å². The van der Waals surface area contributed by atoms with Crippen molar-refractivity contribution in [3.8, 4) is 0 Å². The van der Waals surface area contributed by atoms with Crippen molar-refractivity contribution >= 4 is 15.7 Å². The number of sulfonamides is 1.